The van der Waals surface area contributed by atoms with Gasteiger partial charge in [-0.15, -0.1) is 0 Å². The third kappa shape index (κ3) is 5.42. The third-order valence-electron chi connectivity index (χ3n) is 5.56. The monoisotopic (exact) mass is 443 g/mol. The van der Waals surface area contributed by atoms with Crippen LogP contribution in [0.4, 0.5) is 0 Å². The molecule has 1 amide bonds. The first kappa shape index (κ1) is 21.9. The van der Waals surface area contributed by atoms with Crippen molar-refractivity contribution in [1.82, 2.24) is 4.90 Å². The van der Waals surface area contributed by atoms with Crippen LogP contribution in [0.2, 0.25) is 5.02 Å². The van der Waals surface area contributed by atoms with Crippen molar-refractivity contribution in [1.29, 1.82) is 0 Å². The van der Waals surface area contributed by atoms with Gasteiger partial charge in [-0.3, -0.25) is 4.79 Å². The summed E-state index contributed by atoms with van der Waals surface area (Å²) in [6, 6.07) is 4.22. The maximum Gasteiger partial charge on any atom is 0.337 e. The molecular weight excluding hydrogens is 418 g/mol. The highest BCUT2D eigenvalue weighted by Gasteiger charge is 2.38. The van der Waals surface area contributed by atoms with Crippen molar-refractivity contribution in [3.63, 3.8) is 0 Å². The number of hydrogen-bond donors (Lipinski definition) is 0. The number of methoxy groups -OCH3 is 1. The van der Waals surface area contributed by atoms with Gasteiger partial charge in [0.15, 0.2) is 16.4 Å². The summed E-state index contributed by atoms with van der Waals surface area (Å²) in [6.45, 7) is -0.232. The molecule has 0 aromatic heterocycles. The molecule has 7 nitrogen and oxygen atoms in total. The number of carbonyl (C=O) groups excluding carboxylic acids is 2. The summed E-state index contributed by atoms with van der Waals surface area (Å²) >= 11 is 6.17. The minimum Gasteiger partial charge on any atom is -0.482 e. The number of benzene rings is 1. The number of amides is 1. The second-order valence-electron chi connectivity index (χ2n) is 7.58. The van der Waals surface area contributed by atoms with Crippen molar-refractivity contribution in [3.8, 4) is 5.75 Å². The fraction of sp³-hybridized carbons (Fsp3) is 0.600. The summed E-state index contributed by atoms with van der Waals surface area (Å²) in [7, 11) is -1.82. The summed E-state index contributed by atoms with van der Waals surface area (Å²) in [5.41, 5.74) is 0.288. The second-order valence-corrected chi connectivity index (χ2v) is 10.2. The van der Waals surface area contributed by atoms with Crippen LogP contribution in [0.3, 0.4) is 0 Å². The van der Waals surface area contributed by atoms with Crippen LogP contribution in [0.25, 0.3) is 0 Å². The van der Waals surface area contributed by atoms with Crippen molar-refractivity contribution in [3.05, 3.63) is 28.8 Å². The molecule has 9 heteroatoms. The largest absolute Gasteiger partial charge is 0.482 e. The van der Waals surface area contributed by atoms with Gasteiger partial charge >= 0.3 is 5.97 Å². The summed E-state index contributed by atoms with van der Waals surface area (Å²) in [5, 5.41) is 0.202. The Bertz CT molecular complexity index is 866. The van der Waals surface area contributed by atoms with E-state index in [1.807, 2.05) is 0 Å². The highest BCUT2D eigenvalue weighted by atomic mass is 35.5. The predicted octanol–water partition coefficient (Wildman–Crippen LogP) is 2.85. The minimum atomic E-state index is -3.10. The molecule has 29 heavy (non-hydrogen) atoms. The molecule has 1 atom stereocenters. The number of carbonyl (C=O) groups is 2. The average Bonchev–Trinajstić information content (AvgIpc) is 3.06. The number of ether oxygens (including phenoxy) is 2. The Hall–Kier alpha value is -1.80. The highest BCUT2D eigenvalue weighted by molar-refractivity contribution is 7.91. The van der Waals surface area contributed by atoms with E-state index in [0.717, 1.165) is 32.1 Å². The van der Waals surface area contributed by atoms with Gasteiger partial charge in [0.1, 0.15) is 5.75 Å². The second kappa shape index (κ2) is 9.34. The van der Waals surface area contributed by atoms with Gasteiger partial charge in [0.05, 0.1) is 29.2 Å². The van der Waals surface area contributed by atoms with Crippen LogP contribution in [-0.4, -0.2) is 62.5 Å². The fourth-order valence-corrected chi connectivity index (χ4v) is 6.08. The van der Waals surface area contributed by atoms with E-state index in [1.54, 1.807) is 4.90 Å². The van der Waals surface area contributed by atoms with Crippen LogP contribution in [0, 0.1) is 0 Å². The van der Waals surface area contributed by atoms with Gasteiger partial charge in [0.2, 0.25) is 0 Å². The molecule has 2 aliphatic rings. The lowest BCUT2D eigenvalue weighted by Gasteiger charge is -2.38. The van der Waals surface area contributed by atoms with Crippen LogP contribution in [-0.2, 0) is 19.4 Å². The Morgan fingerprint density at radius 3 is 2.45 bits per heavy atom. The zero-order chi connectivity index (χ0) is 21.0. The van der Waals surface area contributed by atoms with Crippen LogP contribution < -0.4 is 4.74 Å². The molecular formula is C20H26ClNO6S. The fourth-order valence-electron chi connectivity index (χ4n) is 4.14. The zero-order valence-electron chi connectivity index (χ0n) is 16.4. The van der Waals surface area contributed by atoms with E-state index in [4.69, 9.17) is 16.3 Å². The van der Waals surface area contributed by atoms with Gasteiger partial charge in [-0.05, 0) is 37.5 Å². The zero-order valence-corrected chi connectivity index (χ0v) is 18.0. The van der Waals surface area contributed by atoms with Crippen LogP contribution in [0.5, 0.6) is 5.75 Å². The van der Waals surface area contributed by atoms with E-state index in [2.05, 4.69) is 4.74 Å². The molecule has 1 heterocycles. The lowest BCUT2D eigenvalue weighted by Crippen LogP contribution is -2.50. The molecule has 0 radical (unpaired) electrons. The van der Waals surface area contributed by atoms with E-state index in [1.165, 1.54) is 25.3 Å². The highest BCUT2D eigenvalue weighted by Crippen LogP contribution is 2.30. The molecule has 3 rings (SSSR count). The van der Waals surface area contributed by atoms with Gasteiger partial charge in [0.25, 0.3) is 5.91 Å². The minimum absolute atomic E-state index is 0.0177. The lowest BCUT2D eigenvalue weighted by molar-refractivity contribution is -0.138. The summed E-state index contributed by atoms with van der Waals surface area (Å²) < 4.78 is 34.2. The Kier molecular flexibility index (Phi) is 7.05. The summed E-state index contributed by atoms with van der Waals surface area (Å²) in [5.74, 6) is -0.317. The van der Waals surface area contributed by atoms with Gasteiger partial charge < -0.3 is 14.4 Å². The maximum atomic E-state index is 13.0. The van der Waals surface area contributed by atoms with E-state index >= 15 is 0 Å². The number of esters is 1. The standard InChI is InChI=1S/C20H26ClNO6S/c1-27-20(24)14-7-8-18(17(21)11-14)28-12-19(23)22(15-5-3-2-4-6-15)16-9-10-29(25,26)13-16/h7-8,11,15-16H,2-6,9-10,12-13H2,1H3. The Labute approximate surface area is 176 Å². The normalized spacial score (nSPS) is 21.5. The molecule has 0 bridgehead atoms. The predicted molar refractivity (Wildman–Crippen MR) is 109 cm³/mol. The topological polar surface area (TPSA) is 90.0 Å². The number of sulfone groups is 1. The van der Waals surface area contributed by atoms with E-state index in [0.29, 0.717) is 6.42 Å². The summed E-state index contributed by atoms with van der Waals surface area (Å²) in [4.78, 5) is 26.4. The first-order chi connectivity index (χ1) is 13.8. The molecule has 1 aromatic rings. The van der Waals surface area contributed by atoms with E-state index in [9.17, 15) is 18.0 Å². The first-order valence-corrected chi connectivity index (χ1v) is 12.0. The number of nitrogens with zero attached hydrogens (tertiary/aromatic N) is 1. The quantitative estimate of drug-likeness (QED) is 0.628. The van der Waals surface area contributed by atoms with E-state index in [-0.39, 0.29) is 52.4 Å². The molecule has 0 spiro atoms. The van der Waals surface area contributed by atoms with Crippen molar-refractivity contribution in [2.75, 3.05) is 25.2 Å². The lowest BCUT2D eigenvalue weighted by atomic mass is 9.93. The van der Waals surface area contributed by atoms with Gasteiger partial charge in [-0.2, -0.15) is 0 Å². The van der Waals surface area contributed by atoms with Crippen LogP contribution >= 0.6 is 11.6 Å². The molecule has 2 fully saturated rings. The molecule has 1 saturated heterocycles. The molecule has 1 aliphatic heterocycles. The Morgan fingerprint density at radius 1 is 1.14 bits per heavy atom. The SMILES string of the molecule is COC(=O)c1ccc(OCC(=O)N(C2CCCCC2)C2CCS(=O)(=O)C2)c(Cl)c1. The number of rotatable bonds is 6. The molecule has 1 saturated carbocycles. The van der Waals surface area contributed by atoms with Crippen LogP contribution in [0.1, 0.15) is 48.9 Å². The Morgan fingerprint density at radius 2 is 1.86 bits per heavy atom. The van der Waals surface area contributed by atoms with Gasteiger partial charge in [-0.25, -0.2) is 13.2 Å². The van der Waals surface area contributed by atoms with Crippen molar-refractivity contribution in [2.45, 2.75) is 50.6 Å². The van der Waals surface area contributed by atoms with Crippen molar-refractivity contribution < 1.29 is 27.5 Å². The molecule has 1 unspecified atom stereocenters. The summed E-state index contributed by atoms with van der Waals surface area (Å²) in [6.07, 6.45) is 5.46. The van der Waals surface area contributed by atoms with E-state index < -0.39 is 15.8 Å². The third-order valence-corrected chi connectivity index (χ3v) is 7.61. The average molecular weight is 444 g/mol. The Balaban J connectivity index is 1.70. The molecule has 1 aliphatic carbocycles. The molecule has 0 N–H and O–H groups in total. The van der Waals surface area contributed by atoms with Crippen molar-refractivity contribution >= 4 is 33.3 Å². The van der Waals surface area contributed by atoms with Gasteiger partial charge in [0, 0.05) is 12.1 Å². The molecule has 1 aromatic carbocycles. The van der Waals surface area contributed by atoms with Crippen molar-refractivity contribution in [2.24, 2.45) is 0 Å². The van der Waals surface area contributed by atoms with Gasteiger partial charge in [-0.1, -0.05) is 30.9 Å². The number of hydrogen-bond acceptors (Lipinski definition) is 6. The maximum absolute atomic E-state index is 13.0. The molecule has 160 valence electrons. The van der Waals surface area contributed by atoms with Crippen LogP contribution in [0.15, 0.2) is 18.2 Å². The first-order valence-electron chi connectivity index (χ1n) is 9.83. The smallest absolute Gasteiger partial charge is 0.337 e. The number of halogens is 1.